The van der Waals surface area contributed by atoms with Crippen LogP contribution in [0, 0.1) is 5.82 Å². The molecule has 1 aromatic carbocycles. The maximum Gasteiger partial charge on any atom is 0.137 e. The summed E-state index contributed by atoms with van der Waals surface area (Å²) >= 11 is 3.20. The first-order valence-corrected chi connectivity index (χ1v) is 6.70. The van der Waals surface area contributed by atoms with Gasteiger partial charge in [-0.05, 0) is 58.7 Å². The second-order valence-electron chi connectivity index (χ2n) is 4.08. The molecule has 0 radical (unpaired) electrons. The molecule has 2 aromatic rings. The summed E-state index contributed by atoms with van der Waals surface area (Å²) in [6.45, 7) is 2.91. The first kappa shape index (κ1) is 13.3. The minimum atomic E-state index is -0.239. The van der Waals surface area contributed by atoms with Crippen LogP contribution in [-0.2, 0) is 6.42 Å². The third-order valence-electron chi connectivity index (χ3n) is 2.76. The van der Waals surface area contributed by atoms with E-state index >= 15 is 0 Å². The molecule has 1 heterocycles. The summed E-state index contributed by atoms with van der Waals surface area (Å²) in [5.74, 6) is 0.661. The van der Waals surface area contributed by atoms with Gasteiger partial charge >= 0.3 is 0 Å². The predicted octanol–water partition coefficient (Wildman–Crippen LogP) is 4.07. The molecule has 96 valence electrons. The highest BCUT2D eigenvalue weighted by Gasteiger charge is 2.14. The number of nitrogens with one attached hydrogen (secondary N) is 1. The van der Waals surface area contributed by atoms with Crippen LogP contribution in [-0.4, -0.2) is 6.54 Å². The van der Waals surface area contributed by atoms with Gasteiger partial charge in [0.05, 0.1) is 16.8 Å². The van der Waals surface area contributed by atoms with Gasteiger partial charge in [-0.2, -0.15) is 0 Å². The Labute approximate surface area is 114 Å². The lowest BCUT2D eigenvalue weighted by Gasteiger charge is -2.15. The summed E-state index contributed by atoms with van der Waals surface area (Å²) in [5.41, 5.74) is 1.06. The standard InChI is InChI=1S/C14H15BrFNO/c1-2-17-13(14-4-3-7-18-14)9-10-5-6-12(16)11(15)8-10/h3-8,13,17H,2,9H2,1H3. The molecule has 1 N–H and O–H groups in total. The Kier molecular flexibility index (Phi) is 4.55. The molecule has 18 heavy (non-hydrogen) atoms. The first-order valence-electron chi connectivity index (χ1n) is 5.91. The average molecular weight is 312 g/mol. The molecule has 0 spiro atoms. The van der Waals surface area contributed by atoms with Crippen molar-refractivity contribution in [3.8, 4) is 0 Å². The van der Waals surface area contributed by atoms with Crippen LogP contribution >= 0.6 is 15.9 Å². The molecule has 0 aliphatic carbocycles. The zero-order chi connectivity index (χ0) is 13.0. The zero-order valence-corrected chi connectivity index (χ0v) is 11.7. The fourth-order valence-corrected chi connectivity index (χ4v) is 2.34. The second-order valence-corrected chi connectivity index (χ2v) is 4.93. The number of furan rings is 1. The minimum Gasteiger partial charge on any atom is -0.468 e. The van der Waals surface area contributed by atoms with Crippen molar-refractivity contribution >= 4 is 15.9 Å². The lowest BCUT2D eigenvalue weighted by atomic mass is 10.0. The van der Waals surface area contributed by atoms with E-state index in [1.54, 1.807) is 12.3 Å². The third kappa shape index (κ3) is 3.21. The van der Waals surface area contributed by atoms with Crippen LogP contribution in [0.25, 0.3) is 0 Å². The molecule has 0 amide bonds. The molecule has 2 nitrogen and oxygen atoms in total. The summed E-state index contributed by atoms with van der Waals surface area (Å²) < 4.78 is 19.1. The minimum absolute atomic E-state index is 0.113. The van der Waals surface area contributed by atoms with E-state index in [4.69, 9.17) is 4.42 Å². The van der Waals surface area contributed by atoms with Gasteiger partial charge in [0.2, 0.25) is 0 Å². The summed E-state index contributed by atoms with van der Waals surface area (Å²) in [7, 11) is 0. The molecule has 1 aromatic heterocycles. The van der Waals surface area contributed by atoms with Crippen LogP contribution in [0.4, 0.5) is 4.39 Å². The zero-order valence-electron chi connectivity index (χ0n) is 10.1. The van der Waals surface area contributed by atoms with Crippen molar-refractivity contribution in [3.05, 3.63) is 58.2 Å². The van der Waals surface area contributed by atoms with Crippen molar-refractivity contribution < 1.29 is 8.81 Å². The Bertz CT molecular complexity index is 499. The molecule has 4 heteroatoms. The Balaban J connectivity index is 2.16. The van der Waals surface area contributed by atoms with Crippen molar-refractivity contribution in [1.29, 1.82) is 0 Å². The molecule has 0 bridgehead atoms. The third-order valence-corrected chi connectivity index (χ3v) is 3.37. The van der Waals surface area contributed by atoms with E-state index in [9.17, 15) is 4.39 Å². The molecule has 2 rings (SSSR count). The maximum atomic E-state index is 13.2. The van der Waals surface area contributed by atoms with Gasteiger partial charge in [0.1, 0.15) is 11.6 Å². The highest BCUT2D eigenvalue weighted by Crippen LogP contribution is 2.22. The number of benzene rings is 1. The number of hydrogen-bond acceptors (Lipinski definition) is 2. The van der Waals surface area contributed by atoms with E-state index in [-0.39, 0.29) is 11.9 Å². The van der Waals surface area contributed by atoms with Crippen molar-refractivity contribution in [2.24, 2.45) is 0 Å². The SMILES string of the molecule is CCNC(Cc1ccc(F)c(Br)c1)c1ccco1. The number of likely N-dealkylation sites (N-methyl/N-ethyl adjacent to an activating group) is 1. The highest BCUT2D eigenvalue weighted by atomic mass is 79.9. The fraction of sp³-hybridized carbons (Fsp3) is 0.286. The molecule has 0 saturated carbocycles. The monoisotopic (exact) mass is 311 g/mol. The number of rotatable bonds is 5. The average Bonchev–Trinajstić information content (AvgIpc) is 2.87. The quantitative estimate of drug-likeness (QED) is 0.900. The van der Waals surface area contributed by atoms with Crippen LogP contribution in [0.2, 0.25) is 0 Å². The van der Waals surface area contributed by atoms with E-state index in [0.717, 1.165) is 24.3 Å². The van der Waals surface area contributed by atoms with E-state index in [1.165, 1.54) is 6.07 Å². The molecule has 0 aliphatic rings. The summed E-state index contributed by atoms with van der Waals surface area (Å²) in [5, 5.41) is 3.36. The molecular formula is C14H15BrFNO. The predicted molar refractivity (Wildman–Crippen MR) is 72.9 cm³/mol. The number of halogens is 2. The maximum absolute atomic E-state index is 13.2. The summed E-state index contributed by atoms with van der Waals surface area (Å²) in [4.78, 5) is 0. The molecule has 0 aliphatic heterocycles. The van der Waals surface area contributed by atoms with E-state index in [1.807, 2.05) is 18.2 Å². The normalized spacial score (nSPS) is 12.6. The fourth-order valence-electron chi connectivity index (χ4n) is 1.91. The van der Waals surface area contributed by atoms with Gasteiger partial charge in [0, 0.05) is 0 Å². The molecule has 1 unspecified atom stereocenters. The molecule has 0 fully saturated rings. The molecule has 1 atom stereocenters. The Morgan fingerprint density at radius 3 is 2.83 bits per heavy atom. The van der Waals surface area contributed by atoms with Crippen LogP contribution in [0.15, 0.2) is 45.5 Å². The van der Waals surface area contributed by atoms with Crippen molar-refractivity contribution in [3.63, 3.8) is 0 Å². The topological polar surface area (TPSA) is 25.2 Å². The summed E-state index contributed by atoms with van der Waals surface area (Å²) in [6.07, 6.45) is 2.43. The van der Waals surface area contributed by atoms with Crippen LogP contribution in [0.1, 0.15) is 24.3 Å². The smallest absolute Gasteiger partial charge is 0.137 e. The van der Waals surface area contributed by atoms with Gasteiger partial charge in [0.25, 0.3) is 0 Å². The Morgan fingerprint density at radius 1 is 1.39 bits per heavy atom. The van der Waals surface area contributed by atoms with Gasteiger partial charge in [-0.3, -0.25) is 0 Å². The van der Waals surface area contributed by atoms with E-state index < -0.39 is 0 Å². The molecular weight excluding hydrogens is 297 g/mol. The summed E-state index contributed by atoms with van der Waals surface area (Å²) in [6, 6.07) is 9.02. The van der Waals surface area contributed by atoms with Gasteiger partial charge in [-0.25, -0.2) is 4.39 Å². The van der Waals surface area contributed by atoms with Gasteiger partial charge < -0.3 is 9.73 Å². The lowest BCUT2D eigenvalue weighted by molar-refractivity contribution is 0.416. The van der Waals surface area contributed by atoms with Gasteiger partial charge in [0.15, 0.2) is 0 Å². The van der Waals surface area contributed by atoms with Gasteiger partial charge in [-0.15, -0.1) is 0 Å². The van der Waals surface area contributed by atoms with E-state index in [0.29, 0.717) is 4.47 Å². The Hall–Kier alpha value is -1.13. The Morgan fingerprint density at radius 2 is 2.22 bits per heavy atom. The largest absolute Gasteiger partial charge is 0.468 e. The first-order chi connectivity index (χ1) is 8.70. The van der Waals surface area contributed by atoms with Crippen molar-refractivity contribution in [2.75, 3.05) is 6.54 Å². The lowest BCUT2D eigenvalue weighted by Crippen LogP contribution is -2.22. The van der Waals surface area contributed by atoms with Crippen molar-refractivity contribution in [2.45, 2.75) is 19.4 Å². The highest BCUT2D eigenvalue weighted by molar-refractivity contribution is 9.10. The second kappa shape index (κ2) is 6.16. The number of hydrogen-bond donors (Lipinski definition) is 1. The molecule has 0 saturated heterocycles. The van der Waals surface area contributed by atoms with Crippen LogP contribution in [0.3, 0.4) is 0 Å². The van der Waals surface area contributed by atoms with Crippen LogP contribution in [0.5, 0.6) is 0 Å². The van der Waals surface area contributed by atoms with Crippen LogP contribution < -0.4 is 5.32 Å². The van der Waals surface area contributed by atoms with E-state index in [2.05, 4.69) is 28.2 Å². The van der Waals surface area contributed by atoms with Crippen molar-refractivity contribution in [1.82, 2.24) is 5.32 Å². The van der Waals surface area contributed by atoms with Gasteiger partial charge in [-0.1, -0.05) is 13.0 Å².